The van der Waals surface area contributed by atoms with E-state index in [0.29, 0.717) is 0 Å². The minimum atomic E-state index is -0.874. The lowest BCUT2D eigenvalue weighted by molar-refractivity contribution is -0.384. The van der Waals surface area contributed by atoms with Crippen LogP contribution in [0.15, 0.2) is 54.6 Å². The summed E-state index contributed by atoms with van der Waals surface area (Å²) in [5.74, 6) is 0.178. The molecule has 1 aliphatic heterocycles. The van der Waals surface area contributed by atoms with E-state index in [1.54, 1.807) is 0 Å². The number of nitro benzene ring substituents is 1. The largest absolute Gasteiger partial charge is 0.513 e. The number of epoxide rings is 1. The Balaban J connectivity index is 1.45. The smallest absolute Gasteiger partial charge is 0.431 e. The fourth-order valence-electron chi connectivity index (χ4n) is 2.12. The molecule has 1 saturated heterocycles. The second kappa shape index (κ2) is 6.45. The zero-order valence-electron chi connectivity index (χ0n) is 12.0. The van der Waals surface area contributed by atoms with E-state index in [1.165, 1.54) is 24.3 Å². The zero-order chi connectivity index (χ0) is 16.2. The lowest BCUT2D eigenvalue weighted by Crippen LogP contribution is -2.14. The van der Waals surface area contributed by atoms with Crippen LogP contribution >= 0.6 is 0 Å². The molecule has 1 fully saturated rings. The van der Waals surface area contributed by atoms with Gasteiger partial charge in [0.15, 0.2) is 0 Å². The van der Waals surface area contributed by atoms with Crippen molar-refractivity contribution in [2.24, 2.45) is 0 Å². The molecular formula is C16H13NO6. The summed E-state index contributed by atoms with van der Waals surface area (Å²) in [5.41, 5.74) is 0.952. The number of hydrogen-bond acceptors (Lipinski definition) is 6. The van der Waals surface area contributed by atoms with Gasteiger partial charge >= 0.3 is 6.16 Å². The van der Waals surface area contributed by atoms with Gasteiger partial charge in [-0.1, -0.05) is 30.3 Å². The first-order valence-electron chi connectivity index (χ1n) is 6.93. The summed E-state index contributed by atoms with van der Waals surface area (Å²) in [4.78, 5) is 21.6. The van der Waals surface area contributed by atoms with Gasteiger partial charge in [0.05, 0.1) is 4.92 Å². The average Bonchev–Trinajstić information content (AvgIpc) is 3.34. The highest BCUT2D eigenvalue weighted by Gasteiger charge is 2.41. The maximum Gasteiger partial charge on any atom is 0.513 e. The van der Waals surface area contributed by atoms with Gasteiger partial charge < -0.3 is 14.2 Å². The molecule has 0 N–H and O–H groups in total. The molecule has 0 aliphatic carbocycles. The number of nitro groups is 1. The van der Waals surface area contributed by atoms with Gasteiger partial charge in [-0.2, -0.15) is 0 Å². The van der Waals surface area contributed by atoms with Crippen LogP contribution in [0.2, 0.25) is 0 Å². The average molecular weight is 315 g/mol. The number of carbonyl (C=O) groups excluding carboxylic acids is 1. The summed E-state index contributed by atoms with van der Waals surface area (Å²) in [7, 11) is 0. The Morgan fingerprint density at radius 2 is 1.83 bits per heavy atom. The summed E-state index contributed by atoms with van der Waals surface area (Å²) in [6.45, 7) is 0.0887. The van der Waals surface area contributed by atoms with Crippen molar-refractivity contribution >= 4 is 11.8 Å². The van der Waals surface area contributed by atoms with Crippen LogP contribution in [-0.4, -0.2) is 23.8 Å². The second-order valence-electron chi connectivity index (χ2n) is 4.92. The summed E-state index contributed by atoms with van der Waals surface area (Å²) in [5, 5.41) is 10.5. The van der Waals surface area contributed by atoms with Crippen LogP contribution in [0.5, 0.6) is 5.75 Å². The Bertz CT molecular complexity index is 700. The first-order chi connectivity index (χ1) is 11.1. The number of nitrogens with zero attached hydrogens (tertiary/aromatic N) is 1. The molecule has 0 amide bonds. The highest BCUT2D eigenvalue weighted by atomic mass is 16.7. The van der Waals surface area contributed by atoms with Gasteiger partial charge in [-0.15, -0.1) is 0 Å². The van der Waals surface area contributed by atoms with Crippen molar-refractivity contribution in [1.82, 2.24) is 0 Å². The summed E-state index contributed by atoms with van der Waals surface area (Å²) in [6, 6.07) is 14.8. The third kappa shape index (κ3) is 3.83. The molecule has 0 spiro atoms. The second-order valence-corrected chi connectivity index (χ2v) is 4.92. The number of hydrogen-bond donors (Lipinski definition) is 0. The first kappa shape index (κ1) is 15.0. The molecule has 7 heteroatoms. The van der Waals surface area contributed by atoms with Crippen molar-refractivity contribution in [3.63, 3.8) is 0 Å². The van der Waals surface area contributed by atoms with Gasteiger partial charge in [0.1, 0.15) is 24.6 Å². The van der Waals surface area contributed by atoms with E-state index in [0.717, 1.165) is 5.56 Å². The van der Waals surface area contributed by atoms with E-state index >= 15 is 0 Å². The van der Waals surface area contributed by atoms with Crippen LogP contribution in [0.1, 0.15) is 11.7 Å². The van der Waals surface area contributed by atoms with Crippen LogP contribution in [0.25, 0.3) is 0 Å². The van der Waals surface area contributed by atoms with E-state index in [-0.39, 0.29) is 30.3 Å². The number of ether oxygens (including phenoxy) is 3. The number of rotatable bonds is 5. The van der Waals surface area contributed by atoms with Gasteiger partial charge in [-0.05, 0) is 17.7 Å². The third-order valence-electron chi connectivity index (χ3n) is 3.32. The molecule has 118 valence electrons. The van der Waals surface area contributed by atoms with E-state index in [4.69, 9.17) is 14.2 Å². The predicted molar refractivity (Wildman–Crippen MR) is 79.1 cm³/mol. The number of carbonyl (C=O) groups is 1. The van der Waals surface area contributed by atoms with Crippen molar-refractivity contribution in [3.05, 3.63) is 70.3 Å². The van der Waals surface area contributed by atoms with Crippen molar-refractivity contribution < 1.29 is 23.9 Å². The summed E-state index contributed by atoms with van der Waals surface area (Å²) < 4.78 is 15.3. The minimum Gasteiger partial charge on any atom is -0.431 e. The Hall–Kier alpha value is -2.93. The summed E-state index contributed by atoms with van der Waals surface area (Å²) in [6.07, 6.45) is -1.12. The van der Waals surface area contributed by atoms with Crippen molar-refractivity contribution in [3.8, 4) is 5.75 Å². The molecule has 7 nitrogen and oxygen atoms in total. The van der Waals surface area contributed by atoms with Crippen LogP contribution in [0, 0.1) is 10.1 Å². The van der Waals surface area contributed by atoms with Crippen LogP contribution in [0.4, 0.5) is 10.5 Å². The SMILES string of the molecule is O=C(OCC1OC1c1ccccc1)Oc1ccc([N+](=O)[O-])cc1. The number of non-ortho nitro benzene ring substituents is 1. The van der Waals surface area contributed by atoms with Crippen molar-refractivity contribution in [1.29, 1.82) is 0 Å². The highest BCUT2D eigenvalue weighted by Crippen LogP contribution is 2.38. The summed E-state index contributed by atoms with van der Waals surface area (Å²) >= 11 is 0. The first-order valence-corrected chi connectivity index (χ1v) is 6.93. The molecule has 1 aliphatic rings. The lowest BCUT2D eigenvalue weighted by Gasteiger charge is -2.04. The molecule has 1 heterocycles. The zero-order valence-corrected chi connectivity index (χ0v) is 12.0. The Morgan fingerprint density at radius 3 is 2.48 bits per heavy atom. The van der Waals surface area contributed by atoms with Crippen LogP contribution in [-0.2, 0) is 9.47 Å². The third-order valence-corrected chi connectivity index (χ3v) is 3.32. The van der Waals surface area contributed by atoms with E-state index in [1.807, 2.05) is 30.3 Å². The quantitative estimate of drug-likeness (QED) is 0.276. The van der Waals surface area contributed by atoms with Gasteiger partial charge in [0.2, 0.25) is 0 Å². The maximum absolute atomic E-state index is 11.6. The molecule has 0 radical (unpaired) electrons. The monoisotopic (exact) mass is 315 g/mol. The van der Waals surface area contributed by atoms with Gasteiger partial charge in [0.25, 0.3) is 5.69 Å². The van der Waals surface area contributed by atoms with Crippen LogP contribution < -0.4 is 4.74 Å². The molecule has 3 rings (SSSR count). The Morgan fingerprint density at radius 1 is 1.13 bits per heavy atom. The van der Waals surface area contributed by atoms with E-state index < -0.39 is 11.1 Å². The standard InChI is InChI=1S/C16H13NO6/c18-16(22-13-8-6-12(7-9-13)17(19)20)21-10-14-15(23-14)11-4-2-1-3-5-11/h1-9,14-15H,10H2. The lowest BCUT2D eigenvalue weighted by atomic mass is 10.1. The number of benzene rings is 2. The highest BCUT2D eigenvalue weighted by molar-refractivity contribution is 5.64. The molecule has 0 bridgehead atoms. The molecule has 0 aromatic heterocycles. The molecular weight excluding hydrogens is 302 g/mol. The van der Waals surface area contributed by atoms with E-state index in [2.05, 4.69) is 0 Å². The molecule has 2 atom stereocenters. The van der Waals surface area contributed by atoms with Crippen LogP contribution in [0.3, 0.4) is 0 Å². The molecule has 0 saturated carbocycles. The maximum atomic E-state index is 11.6. The Labute approximate surface area is 131 Å². The van der Waals surface area contributed by atoms with Gasteiger partial charge in [-0.3, -0.25) is 10.1 Å². The molecule has 2 aromatic rings. The fraction of sp³-hybridized carbons (Fsp3) is 0.188. The molecule has 23 heavy (non-hydrogen) atoms. The minimum absolute atomic E-state index is 0.0663. The molecule has 2 unspecified atom stereocenters. The van der Waals surface area contributed by atoms with Gasteiger partial charge in [-0.25, -0.2) is 4.79 Å². The van der Waals surface area contributed by atoms with Gasteiger partial charge in [0, 0.05) is 12.1 Å². The van der Waals surface area contributed by atoms with Crippen molar-refractivity contribution in [2.45, 2.75) is 12.2 Å². The molecule has 2 aromatic carbocycles. The van der Waals surface area contributed by atoms with Crippen molar-refractivity contribution in [2.75, 3.05) is 6.61 Å². The topological polar surface area (TPSA) is 91.2 Å². The fourth-order valence-corrected chi connectivity index (χ4v) is 2.12. The van der Waals surface area contributed by atoms with E-state index in [9.17, 15) is 14.9 Å². The Kier molecular flexibility index (Phi) is 4.20. The predicted octanol–water partition coefficient (Wildman–Crippen LogP) is 3.25. The normalized spacial score (nSPS) is 19.0.